The summed E-state index contributed by atoms with van der Waals surface area (Å²) in [4.78, 5) is 18.8. The summed E-state index contributed by atoms with van der Waals surface area (Å²) in [5, 5.41) is 13.9. The third-order valence-corrected chi connectivity index (χ3v) is 5.97. The monoisotopic (exact) mass is 342 g/mol. The van der Waals surface area contributed by atoms with E-state index in [2.05, 4.69) is 17.2 Å². The lowest BCUT2D eigenvalue weighted by molar-refractivity contribution is -0.128. The minimum Gasteiger partial charge on any atom is -0.307 e. The third-order valence-electron chi connectivity index (χ3n) is 5.97. The molecule has 1 aromatic rings. The van der Waals surface area contributed by atoms with E-state index in [-0.39, 0.29) is 11.9 Å². The molecule has 4 rings (SSSR count). The van der Waals surface area contributed by atoms with Crippen LogP contribution in [0.4, 0.5) is 5.82 Å². The number of hydrogen-bond acceptors (Lipinski definition) is 5. The number of hydrogen-bond donors (Lipinski definition) is 0. The van der Waals surface area contributed by atoms with E-state index in [9.17, 15) is 4.79 Å². The molecule has 1 atom stereocenters. The number of rotatable bonds is 2. The molecule has 3 fully saturated rings. The van der Waals surface area contributed by atoms with Crippen LogP contribution in [0.15, 0.2) is 6.07 Å². The minimum atomic E-state index is -0.213. The predicted octanol–water partition coefficient (Wildman–Crippen LogP) is 1.28. The van der Waals surface area contributed by atoms with Gasteiger partial charge in [0.2, 0.25) is 5.91 Å². The second kappa shape index (κ2) is 6.68. The average molecular weight is 342 g/mol. The maximum absolute atomic E-state index is 13.1. The molecule has 1 aliphatic carbocycles. The van der Waals surface area contributed by atoms with Crippen molar-refractivity contribution >= 4 is 11.7 Å². The van der Waals surface area contributed by atoms with Crippen molar-refractivity contribution in [3.8, 4) is 6.19 Å². The Hall–Kier alpha value is -2.07. The maximum Gasteiger partial charge on any atom is 0.247 e. The van der Waals surface area contributed by atoms with Gasteiger partial charge in [-0.15, -0.1) is 0 Å². The summed E-state index contributed by atoms with van der Waals surface area (Å²) < 4.78 is 1.86. The van der Waals surface area contributed by atoms with Crippen molar-refractivity contribution < 1.29 is 4.79 Å². The normalized spacial score (nSPS) is 25.8. The third kappa shape index (κ3) is 2.99. The number of nitrogens with zero attached hydrogens (tertiary/aromatic N) is 6. The molecular formula is C18H26N6O. The summed E-state index contributed by atoms with van der Waals surface area (Å²) in [6.07, 6.45) is 8.48. The van der Waals surface area contributed by atoms with Crippen molar-refractivity contribution in [1.29, 1.82) is 5.26 Å². The van der Waals surface area contributed by atoms with E-state index in [0.717, 1.165) is 31.1 Å². The van der Waals surface area contributed by atoms with E-state index in [0.29, 0.717) is 19.0 Å². The van der Waals surface area contributed by atoms with E-state index in [1.165, 1.54) is 32.1 Å². The van der Waals surface area contributed by atoms with Gasteiger partial charge in [-0.2, -0.15) is 10.4 Å². The highest BCUT2D eigenvalue weighted by molar-refractivity contribution is 5.97. The zero-order valence-electron chi connectivity index (χ0n) is 14.9. The molecule has 7 nitrogen and oxygen atoms in total. The molecule has 0 N–H and O–H groups in total. The largest absolute Gasteiger partial charge is 0.307 e. The van der Waals surface area contributed by atoms with Gasteiger partial charge >= 0.3 is 0 Å². The van der Waals surface area contributed by atoms with Crippen LogP contribution >= 0.6 is 0 Å². The van der Waals surface area contributed by atoms with Crippen molar-refractivity contribution in [2.75, 3.05) is 37.6 Å². The molecule has 2 aliphatic heterocycles. The number of piperazine rings is 2. The Kier molecular flexibility index (Phi) is 4.38. The summed E-state index contributed by atoms with van der Waals surface area (Å²) in [6.45, 7) is 3.57. The van der Waals surface area contributed by atoms with Crippen LogP contribution in [0.25, 0.3) is 0 Å². The smallest absolute Gasteiger partial charge is 0.247 e. The van der Waals surface area contributed by atoms with Gasteiger partial charge in [0.1, 0.15) is 11.9 Å². The number of fused-ring (bicyclic) bond motifs is 1. The number of carbonyl (C=O) groups is 1. The number of amides is 1. The molecule has 1 amide bonds. The summed E-state index contributed by atoms with van der Waals surface area (Å²) in [7, 11) is 1.93. The van der Waals surface area contributed by atoms with E-state index in [4.69, 9.17) is 10.4 Å². The van der Waals surface area contributed by atoms with Crippen LogP contribution in [-0.2, 0) is 11.8 Å². The number of aromatic nitrogens is 2. The zero-order chi connectivity index (χ0) is 17.4. The Morgan fingerprint density at radius 1 is 1.16 bits per heavy atom. The van der Waals surface area contributed by atoms with Crippen molar-refractivity contribution in [1.82, 2.24) is 19.6 Å². The second-order valence-corrected chi connectivity index (χ2v) is 7.47. The number of nitriles is 1. The fourth-order valence-electron chi connectivity index (χ4n) is 4.49. The quantitative estimate of drug-likeness (QED) is 0.758. The molecule has 3 heterocycles. The summed E-state index contributed by atoms with van der Waals surface area (Å²) in [6, 6.07) is 1.91. The molecule has 2 saturated heterocycles. The number of anilines is 1. The molecule has 0 spiro atoms. The molecular weight excluding hydrogens is 316 g/mol. The molecule has 1 saturated carbocycles. The fraction of sp³-hybridized carbons (Fsp3) is 0.722. The SMILES string of the molecule is Cn1nc(C2CCCCC2)cc1N1CCN2CCN(C#N)C[C@@H]2C1=O. The van der Waals surface area contributed by atoms with Gasteiger partial charge in [0.05, 0.1) is 12.2 Å². The van der Waals surface area contributed by atoms with Gasteiger partial charge in [0, 0.05) is 45.2 Å². The molecule has 3 aliphatic rings. The molecule has 0 aromatic carbocycles. The van der Waals surface area contributed by atoms with Crippen molar-refractivity contribution in [2.45, 2.75) is 44.1 Å². The maximum atomic E-state index is 13.1. The molecule has 134 valence electrons. The number of carbonyl (C=O) groups excluding carboxylic acids is 1. The average Bonchev–Trinajstić information content (AvgIpc) is 3.04. The topological polar surface area (TPSA) is 68.4 Å². The molecule has 0 radical (unpaired) electrons. The second-order valence-electron chi connectivity index (χ2n) is 7.47. The van der Waals surface area contributed by atoms with E-state index in [1.807, 2.05) is 16.6 Å². The van der Waals surface area contributed by atoms with Crippen molar-refractivity contribution in [2.24, 2.45) is 7.05 Å². The summed E-state index contributed by atoms with van der Waals surface area (Å²) in [5.41, 5.74) is 1.13. The van der Waals surface area contributed by atoms with Crippen LogP contribution in [-0.4, -0.2) is 64.3 Å². The van der Waals surface area contributed by atoms with Gasteiger partial charge in [-0.1, -0.05) is 19.3 Å². The lowest BCUT2D eigenvalue weighted by atomic mass is 9.87. The van der Waals surface area contributed by atoms with Gasteiger partial charge < -0.3 is 4.90 Å². The van der Waals surface area contributed by atoms with Crippen LogP contribution in [0, 0.1) is 11.5 Å². The Bertz CT molecular complexity index is 686. The molecule has 0 bridgehead atoms. The van der Waals surface area contributed by atoms with E-state index in [1.54, 1.807) is 4.90 Å². The van der Waals surface area contributed by atoms with Crippen molar-refractivity contribution in [3.63, 3.8) is 0 Å². The molecule has 25 heavy (non-hydrogen) atoms. The van der Waals surface area contributed by atoms with Gasteiger partial charge in [-0.25, -0.2) is 0 Å². The van der Waals surface area contributed by atoms with E-state index < -0.39 is 0 Å². The van der Waals surface area contributed by atoms with Crippen LogP contribution in [0.2, 0.25) is 0 Å². The van der Waals surface area contributed by atoms with Gasteiger partial charge in [0.15, 0.2) is 6.19 Å². The highest BCUT2D eigenvalue weighted by Crippen LogP contribution is 2.34. The first-order valence-electron chi connectivity index (χ1n) is 9.41. The first kappa shape index (κ1) is 16.4. The van der Waals surface area contributed by atoms with Gasteiger partial charge in [0.25, 0.3) is 0 Å². The van der Waals surface area contributed by atoms with Gasteiger partial charge in [-0.3, -0.25) is 19.3 Å². The predicted molar refractivity (Wildman–Crippen MR) is 93.9 cm³/mol. The van der Waals surface area contributed by atoms with Gasteiger partial charge in [-0.05, 0) is 12.8 Å². The zero-order valence-corrected chi connectivity index (χ0v) is 14.9. The lowest BCUT2D eigenvalue weighted by Gasteiger charge is -2.44. The standard InChI is InChI=1S/C18H26N6O/c1-21-17(11-15(20-21)14-5-3-2-4-6-14)24-10-9-23-8-7-22(13-19)12-16(23)18(24)25/h11,14,16H,2-10,12H2,1H3/t16-/m1/s1. The number of aryl methyl sites for hydroxylation is 1. The van der Waals surface area contributed by atoms with Crippen LogP contribution in [0.3, 0.4) is 0 Å². The minimum absolute atomic E-state index is 0.101. The first-order valence-corrected chi connectivity index (χ1v) is 9.41. The molecule has 1 aromatic heterocycles. The Morgan fingerprint density at radius 2 is 1.92 bits per heavy atom. The Morgan fingerprint density at radius 3 is 2.68 bits per heavy atom. The lowest BCUT2D eigenvalue weighted by Crippen LogP contribution is -2.64. The molecule has 0 unspecified atom stereocenters. The highest BCUT2D eigenvalue weighted by atomic mass is 16.2. The summed E-state index contributed by atoms with van der Waals surface area (Å²) >= 11 is 0. The van der Waals surface area contributed by atoms with Crippen molar-refractivity contribution in [3.05, 3.63) is 11.8 Å². The fourth-order valence-corrected chi connectivity index (χ4v) is 4.49. The Labute approximate surface area is 148 Å². The van der Waals surface area contributed by atoms with Crippen LogP contribution < -0.4 is 4.90 Å². The Balaban J connectivity index is 1.54. The van der Waals surface area contributed by atoms with E-state index >= 15 is 0 Å². The van der Waals surface area contributed by atoms with Crippen LogP contribution in [0.1, 0.15) is 43.7 Å². The van der Waals surface area contributed by atoms with Crippen LogP contribution in [0.5, 0.6) is 0 Å². The summed E-state index contributed by atoms with van der Waals surface area (Å²) in [5.74, 6) is 1.54. The molecule has 7 heteroatoms. The highest BCUT2D eigenvalue weighted by Gasteiger charge is 2.40. The first-order chi connectivity index (χ1) is 12.2.